The van der Waals surface area contributed by atoms with Crippen molar-refractivity contribution in [3.05, 3.63) is 23.8 Å². The molecule has 3 N–H and O–H groups in total. The number of carbonyl (C=O) groups is 1. The van der Waals surface area contributed by atoms with Gasteiger partial charge in [-0.15, -0.1) is 0 Å². The summed E-state index contributed by atoms with van der Waals surface area (Å²) >= 11 is 0. The molecule has 1 atom stereocenters. The van der Waals surface area contributed by atoms with Crippen molar-refractivity contribution >= 4 is 5.91 Å². The predicted octanol–water partition coefficient (Wildman–Crippen LogP) is 1.56. The lowest BCUT2D eigenvalue weighted by Crippen LogP contribution is -2.41. The van der Waals surface area contributed by atoms with E-state index in [1.807, 2.05) is 0 Å². The van der Waals surface area contributed by atoms with E-state index in [1.165, 1.54) is 0 Å². The average molecular weight is 278 g/mol. The van der Waals surface area contributed by atoms with E-state index in [9.17, 15) is 4.79 Å². The van der Waals surface area contributed by atoms with Crippen molar-refractivity contribution in [2.75, 3.05) is 19.8 Å². The second-order valence-electron chi connectivity index (χ2n) is 5.37. The van der Waals surface area contributed by atoms with Gasteiger partial charge in [-0.3, -0.25) is 4.79 Å². The van der Waals surface area contributed by atoms with E-state index in [0.717, 1.165) is 6.42 Å². The average Bonchev–Trinajstić information content (AvgIpc) is 2.45. The van der Waals surface area contributed by atoms with Gasteiger partial charge in [0.15, 0.2) is 11.5 Å². The number of amides is 1. The molecule has 1 aliphatic rings. The number of hydrogen-bond donors (Lipinski definition) is 2. The lowest BCUT2D eigenvalue weighted by molar-refractivity contribution is 0.0922. The number of fused-ring (bicyclic) bond motifs is 1. The third kappa shape index (κ3) is 3.42. The molecule has 1 amide bonds. The molecule has 110 valence electrons. The molecule has 0 spiro atoms. The van der Waals surface area contributed by atoms with Gasteiger partial charge in [-0.05, 0) is 24.5 Å². The van der Waals surface area contributed by atoms with Crippen LogP contribution in [0, 0.1) is 5.92 Å². The van der Waals surface area contributed by atoms with E-state index >= 15 is 0 Å². The molecule has 0 radical (unpaired) electrons. The van der Waals surface area contributed by atoms with Crippen LogP contribution in [0.4, 0.5) is 0 Å². The molecule has 0 fully saturated rings. The fraction of sp³-hybridized carbons (Fsp3) is 0.533. The summed E-state index contributed by atoms with van der Waals surface area (Å²) in [5.41, 5.74) is 6.22. The van der Waals surface area contributed by atoms with Crippen molar-refractivity contribution in [3.8, 4) is 11.5 Å². The lowest BCUT2D eigenvalue weighted by Gasteiger charge is -2.23. The van der Waals surface area contributed by atoms with Gasteiger partial charge in [0.1, 0.15) is 13.2 Å². The third-order valence-corrected chi connectivity index (χ3v) is 3.19. The van der Waals surface area contributed by atoms with E-state index in [1.54, 1.807) is 18.2 Å². The zero-order valence-electron chi connectivity index (χ0n) is 12.0. The summed E-state index contributed by atoms with van der Waals surface area (Å²) in [6.07, 6.45) is 0.856. The number of para-hydroxylation sites is 1. The molecule has 1 aromatic carbocycles. The molecule has 1 aliphatic heterocycles. The molecule has 0 aliphatic carbocycles. The Hall–Kier alpha value is -1.75. The van der Waals surface area contributed by atoms with Crippen molar-refractivity contribution in [3.63, 3.8) is 0 Å². The van der Waals surface area contributed by atoms with Gasteiger partial charge >= 0.3 is 0 Å². The van der Waals surface area contributed by atoms with Crippen LogP contribution in [0.1, 0.15) is 30.6 Å². The number of ether oxygens (including phenoxy) is 2. The topological polar surface area (TPSA) is 73.6 Å². The lowest BCUT2D eigenvalue weighted by atomic mass is 10.0. The Morgan fingerprint density at radius 2 is 2.10 bits per heavy atom. The van der Waals surface area contributed by atoms with Crippen LogP contribution in [0.3, 0.4) is 0 Å². The highest BCUT2D eigenvalue weighted by Crippen LogP contribution is 2.33. The highest BCUT2D eigenvalue weighted by molar-refractivity contribution is 5.98. The Labute approximate surface area is 119 Å². The molecule has 1 unspecified atom stereocenters. The van der Waals surface area contributed by atoms with Crippen LogP contribution in [-0.2, 0) is 0 Å². The monoisotopic (exact) mass is 278 g/mol. The molecule has 0 saturated heterocycles. The van der Waals surface area contributed by atoms with Crippen LogP contribution in [0.15, 0.2) is 18.2 Å². The summed E-state index contributed by atoms with van der Waals surface area (Å²) in [5, 5.41) is 2.96. The van der Waals surface area contributed by atoms with Gasteiger partial charge in [0.2, 0.25) is 0 Å². The first-order valence-corrected chi connectivity index (χ1v) is 7.01. The van der Waals surface area contributed by atoms with E-state index < -0.39 is 0 Å². The van der Waals surface area contributed by atoms with E-state index in [4.69, 9.17) is 15.2 Å². The molecule has 1 aromatic rings. The summed E-state index contributed by atoms with van der Waals surface area (Å²) in [6, 6.07) is 5.32. The quantitative estimate of drug-likeness (QED) is 0.857. The summed E-state index contributed by atoms with van der Waals surface area (Å²) in [6.45, 7) is 5.61. The minimum absolute atomic E-state index is 0.0251. The fourth-order valence-corrected chi connectivity index (χ4v) is 2.30. The third-order valence-electron chi connectivity index (χ3n) is 3.19. The molecule has 5 heteroatoms. The first kappa shape index (κ1) is 14.7. The predicted molar refractivity (Wildman–Crippen MR) is 77.2 cm³/mol. The Morgan fingerprint density at radius 1 is 1.35 bits per heavy atom. The second-order valence-corrected chi connectivity index (χ2v) is 5.37. The molecule has 2 rings (SSSR count). The van der Waals surface area contributed by atoms with Crippen LogP contribution < -0.4 is 20.5 Å². The number of benzene rings is 1. The number of hydrogen-bond acceptors (Lipinski definition) is 4. The number of rotatable bonds is 5. The minimum atomic E-state index is -0.163. The SMILES string of the molecule is CC(C)CC(CN)NC(=O)c1cccc2c1OCCO2. The molecular weight excluding hydrogens is 256 g/mol. The first-order chi connectivity index (χ1) is 9.61. The van der Waals surface area contributed by atoms with Crippen LogP contribution in [-0.4, -0.2) is 31.7 Å². The van der Waals surface area contributed by atoms with Gasteiger partial charge in [0.05, 0.1) is 5.56 Å². The second kappa shape index (κ2) is 6.61. The van der Waals surface area contributed by atoms with Gasteiger partial charge in [-0.25, -0.2) is 0 Å². The largest absolute Gasteiger partial charge is 0.486 e. The van der Waals surface area contributed by atoms with Crippen LogP contribution in [0.5, 0.6) is 11.5 Å². The molecule has 0 bridgehead atoms. The van der Waals surface area contributed by atoms with Crippen LogP contribution >= 0.6 is 0 Å². The zero-order valence-corrected chi connectivity index (χ0v) is 12.0. The Balaban J connectivity index is 2.13. The minimum Gasteiger partial charge on any atom is -0.486 e. The van der Waals surface area contributed by atoms with Crippen molar-refractivity contribution in [2.45, 2.75) is 26.3 Å². The van der Waals surface area contributed by atoms with Crippen molar-refractivity contribution in [1.29, 1.82) is 0 Å². The molecular formula is C15H22N2O3. The molecule has 0 aromatic heterocycles. The molecule has 1 heterocycles. The number of carbonyl (C=O) groups excluding carboxylic acids is 1. The summed E-state index contributed by atoms with van der Waals surface area (Å²) in [7, 11) is 0. The maximum atomic E-state index is 12.4. The standard InChI is InChI=1S/C15H22N2O3/c1-10(2)8-11(9-16)17-15(18)12-4-3-5-13-14(12)20-7-6-19-13/h3-5,10-11H,6-9,16H2,1-2H3,(H,17,18). The Bertz CT molecular complexity index is 474. The molecule has 5 nitrogen and oxygen atoms in total. The van der Waals surface area contributed by atoms with Gasteiger partial charge in [0, 0.05) is 12.6 Å². The normalized spacial score (nSPS) is 15.0. The number of nitrogens with one attached hydrogen (secondary N) is 1. The zero-order chi connectivity index (χ0) is 14.5. The number of nitrogens with two attached hydrogens (primary N) is 1. The van der Waals surface area contributed by atoms with E-state index in [-0.39, 0.29) is 11.9 Å². The highest BCUT2D eigenvalue weighted by Gasteiger charge is 2.22. The van der Waals surface area contributed by atoms with E-state index in [0.29, 0.717) is 42.7 Å². The summed E-state index contributed by atoms with van der Waals surface area (Å²) in [5.74, 6) is 1.46. The Kier molecular flexibility index (Phi) is 4.84. The Morgan fingerprint density at radius 3 is 2.80 bits per heavy atom. The summed E-state index contributed by atoms with van der Waals surface area (Å²) < 4.78 is 11.0. The molecule has 20 heavy (non-hydrogen) atoms. The fourth-order valence-electron chi connectivity index (χ4n) is 2.30. The van der Waals surface area contributed by atoms with Gasteiger partial charge in [-0.2, -0.15) is 0 Å². The van der Waals surface area contributed by atoms with Crippen LogP contribution in [0.2, 0.25) is 0 Å². The van der Waals surface area contributed by atoms with Crippen molar-refractivity contribution in [1.82, 2.24) is 5.32 Å². The summed E-state index contributed by atoms with van der Waals surface area (Å²) in [4.78, 5) is 12.4. The van der Waals surface area contributed by atoms with Crippen molar-refractivity contribution < 1.29 is 14.3 Å². The molecule has 0 saturated carbocycles. The van der Waals surface area contributed by atoms with Gasteiger partial charge in [0.25, 0.3) is 5.91 Å². The smallest absolute Gasteiger partial charge is 0.255 e. The highest BCUT2D eigenvalue weighted by atomic mass is 16.6. The van der Waals surface area contributed by atoms with Gasteiger partial charge < -0.3 is 20.5 Å². The van der Waals surface area contributed by atoms with E-state index in [2.05, 4.69) is 19.2 Å². The first-order valence-electron chi connectivity index (χ1n) is 7.01. The maximum absolute atomic E-state index is 12.4. The maximum Gasteiger partial charge on any atom is 0.255 e. The van der Waals surface area contributed by atoms with Crippen molar-refractivity contribution in [2.24, 2.45) is 11.7 Å². The van der Waals surface area contributed by atoms with Gasteiger partial charge in [-0.1, -0.05) is 19.9 Å². The van der Waals surface area contributed by atoms with Crippen LogP contribution in [0.25, 0.3) is 0 Å².